The summed E-state index contributed by atoms with van der Waals surface area (Å²) in [5.74, 6) is -1.80. The summed E-state index contributed by atoms with van der Waals surface area (Å²) in [4.78, 5) is 35.9. The van der Waals surface area contributed by atoms with E-state index in [2.05, 4.69) is 26.1 Å². The van der Waals surface area contributed by atoms with Gasteiger partial charge in [-0.1, -0.05) is 50.6 Å². The molecule has 0 spiro atoms. The van der Waals surface area contributed by atoms with Crippen molar-refractivity contribution in [3.8, 4) is 0 Å². The molecule has 1 N–H and O–H groups in total. The first-order valence-corrected chi connectivity index (χ1v) is 8.35. The SMILES string of the molecule is Cc1cccc(C(=O)OCC(=O)NC(=O)c2ccc(C(C)(C)C)cc2)c1. The fourth-order valence-electron chi connectivity index (χ4n) is 2.34. The molecular weight excluding hydrogens is 330 g/mol. The Morgan fingerprint density at radius 3 is 2.19 bits per heavy atom. The number of ether oxygens (including phenoxy) is 1. The Labute approximate surface area is 153 Å². The molecule has 26 heavy (non-hydrogen) atoms. The molecule has 136 valence electrons. The first-order chi connectivity index (χ1) is 12.2. The molecule has 0 saturated heterocycles. The van der Waals surface area contributed by atoms with Crippen LogP contribution < -0.4 is 5.32 Å². The third-order valence-electron chi connectivity index (χ3n) is 3.85. The van der Waals surface area contributed by atoms with Crippen molar-refractivity contribution in [1.29, 1.82) is 0 Å². The van der Waals surface area contributed by atoms with Gasteiger partial charge in [-0.3, -0.25) is 14.9 Å². The zero-order valence-corrected chi connectivity index (χ0v) is 15.5. The van der Waals surface area contributed by atoms with Crippen molar-refractivity contribution >= 4 is 17.8 Å². The van der Waals surface area contributed by atoms with Crippen LogP contribution in [0.2, 0.25) is 0 Å². The van der Waals surface area contributed by atoms with Crippen LogP contribution >= 0.6 is 0 Å². The second-order valence-electron chi connectivity index (χ2n) is 7.15. The Bertz CT molecular complexity index is 817. The third-order valence-corrected chi connectivity index (χ3v) is 3.85. The van der Waals surface area contributed by atoms with Crippen LogP contribution in [0, 0.1) is 6.92 Å². The number of amides is 2. The van der Waals surface area contributed by atoms with Crippen molar-refractivity contribution in [3.63, 3.8) is 0 Å². The standard InChI is InChI=1S/C21H23NO4/c1-14-6-5-7-16(12-14)20(25)26-13-18(23)22-19(24)15-8-10-17(11-9-15)21(2,3)4/h5-12H,13H2,1-4H3,(H,22,23,24). The van der Waals surface area contributed by atoms with E-state index in [0.717, 1.165) is 11.1 Å². The molecule has 0 fully saturated rings. The smallest absolute Gasteiger partial charge is 0.338 e. The largest absolute Gasteiger partial charge is 0.452 e. The molecule has 2 amide bonds. The van der Waals surface area contributed by atoms with Crippen molar-refractivity contribution in [1.82, 2.24) is 5.32 Å². The van der Waals surface area contributed by atoms with E-state index in [9.17, 15) is 14.4 Å². The van der Waals surface area contributed by atoms with Crippen LogP contribution in [0.5, 0.6) is 0 Å². The van der Waals surface area contributed by atoms with E-state index in [0.29, 0.717) is 11.1 Å². The van der Waals surface area contributed by atoms with Crippen molar-refractivity contribution in [2.45, 2.75) is 33.1 Å². The monoisotopic (exact) mass is 353 g/mol. The van der Waals surface area contributed by atoms with Gasteiger partial charge < -0.3 is 4.74 Å². The molecular formula is C21H23NO4. The normalized spacial score (nSPS) is 10.9. The fourth-order valence-corrected chi connectivity index (χ4v) is 2.34. The molecule has 0 radical (unpaired) electrons. The van der Waals surface area contributed by atoms with E-state index in [-0.39, 0.29) is 5.41 Å². The summed E-state index contributed by atoms with van der Waals surface area (Å²) in [6, 6.07) is 13.9. The van der Waals surface area contributed by atoms with Gasteiger partial charge in [-0.15, -0.1) is 0 Å². The second kappa shape index (κ2) is 7.95. The number of carbonyl (C=O) groups excluding carboxylic acids is 3. The lowest BCUT2D eigenvalue weighted by Gasteiger charge is -2.19. The van der Waals surface area contributed by atoms with Crippen molar-refractivity contribution in [2.24, 2.45) is 0 Å². The van der Waals surface area contributed by atoms with Crippen LogP contribution in [-0.4, -0.2) is 24.4 Å². The molecule has 0 aliphatic rings. The number of rotatable bonds is 4. The number of imide groups is 1. The Kier molecular flexibility index (Phi) is 5.93. The van der Waals surface area contributed by atoms with Gasteiger partial charge in [0.1, 0.15) is 0 Å². The van der Waals surface area contributed by atoms with E-state index >= 15 is 0 Å². The van der Waals surface area contributed by atoms with E-state index in [1.54, 1.807) is 30.3 Å². The van der Waals surface area contributed by atoms with Crippen molar-refractivity contribution in [3.05, 3.63) is 70.8 Å². The Morgan fingerprint density at radius 2 is 1.62 bits per heavy atom. The predicted octanol–water partition coefficient (Wildman–Crippen LogP) is 3.41. The van der Waals surface area contributed by atoms with Gasteiger partial charge in [0, 0.05) is 5.56 Å². The first-order valence-electron chi connectivity index (χ1n) is 8.35. The summed E-state index contributed by atoms with van der Waals surface area (Å²) < 4.78 is 4.94. The summed E-state index contributed by atoms with van der Waals surface area (Å²) in [7, 11) is 0. The number of benzene rings is 2. The Hall–Kier alpha value is -2.95. The number of esters is 1. The molecule has 2 rings (SSSR count). The molecule has 2 aromatic rings. The van der Waals surface area contributed by atoms with Crippen LogP contribution in [0.15, 0.2) is 48.5 Å². The predicted molar refractivity (Wildman–Crippen MR) is 99.1 cm³/mol. The molecule has 0 aliphatic heterocycles. The van der Waals surface area contributed by atoms with Gasteiger partial charge >= 0.3 is 5.97 Å². The third kappa shape index (κ3) is 5.28. The minimum Gasteiger partial charge on any atom is -0.452 e. The maximum Gasteiger partial charge on any atom is 0.338 e. The average Bonchev–Trinajstić information content (AvgIpc) is 2.59. The summed E-state index contributed by atoms with van der Waals surface area (Å²) in [5.41, 5.74) is 2.72. The number of nitrogens with one attached hydrogen (secondary N) is 1. The summed E-state index contributed by atoms with van der Waals surface area (Å²) in [6.45, 7) is 7.57. The number of hydrogen-bond acceptors (Lipinski definition) is 4. The molecule has 0 heterocycles. The second-order valence-corrected chi connectivity index (χ2v) is 7.15. The van der Waals surface area contributed by atoms with Gasteiger partial charge in [0.25, 0.3) is 11.8 Å². The van der Waals surface area contributed by atoms with Gasteiger partial charge in [0.05, 0.1) is 5.56 Å². The molecule has 0 bridgehead atoms. The van der Waals surface area contributed by atoms with E-state index in [1.165, 1.54) is 0 Å². The molecule has 0 saturated carbocycles. The molecule has 0 aliphatic carbocycles. The zero-order valence-electron chi connectivity index (χ0n) is 15.5. The van der Waals surface area contributed by atoms with Gasteiger partial charge in [-0.2, -0.15) is 0 Å². The van der Waals surface area contributed by atoms with Gasteiger partial charge in [0.15, 0.2) is 6.61 Å². The van der Waals surface area contributed by atoms with Gasteiger partial charge in [-0.25, -0.2) is 4.79 Å². The minimum absolute atomic E-state index is 0.0190. The molecule has 0 atom stereocenters. The number of aryl methyl sites for hydroxylation is 1. The van der Waals surface area contributed by atoms with E-state index in [1.807, 2.05) is 25.1 Å². The quantitative estimate of drug-likeness (QED) is 0.855. The van der Waals surface area contributed by atoms with Crippen LogP contribution in [0.4, 0.5) is 0 Å². The highest BCUT2D eigenvalue weighted by Gasteiger charge is 2.16. The van der Waals surface area contributed by atoms with Crippen LogP contribution in [0.1, 0.15) is 52.6 Å². The summed E-state index contributed by atoms with van der Waals surface area (Å²) in [5, 5.41) is 2.22. The fraction of sp³-hybridized carbons (Fsp3) is 0.286. The van der Waals surface area contributed by atoms with Crippen LogP contribution in [-0.2, 0) is 14.9 Å². The highest BCUT2D eigenvalue weighted by molar-refractivity contribution is 6.05. The topological polar surface area (TPSA) is 72.5 Å². The summed E-state index contributed by atoms with van der Waals surface area (Å²) in [6.07, 6.45) is 0. The molecule has 2 aromatic carbocycles. The zero-order chi connectivity index (χ0) is 19.3. The van der Waals surface area contributed by atoms with Crippen molar-refractivity contribution < 1.29 is 19.1 Å². The minimum atomic E-state index is -0.670. The molecule has 0 aromatic heterocycles. The lowest BCUT2D eigenvalue weighted by atomic mass is 9.87. The Balaban J connectivity index is 1.89. The first kappa shape index (κ1) is 19.4. The highest BCUT2D eigenvalue weighted by Crippen LogP contribution is 2.22. The Morgan fingerprint density at radius 1 is 0.962 bits per heavy atom. The van der Waals surface area contributed by atoms with Crippen molar-refractivity contribution in [2.75, 3.05) is 6.61 Å². The summed E-state index contributed by atoms with van der Waals surface area (Å²) >= 11 is 0. The van der Waals surface area contributed by atoms with Gasteiger partial charge in [0.2, 0.25) is 0 Å². The lowest BCUT2D eigenvalue weighted by Crippen LogP contribution is -2.34. The number of hydrogen-bond donors (Lipinski definition) is 1. The maximum absolute atomic E-state index is 12.1. The van der Waals surface area contributed by atoms with E-state index < -0.39 is 24.4 Å². The number of carbonyl (C=O) groups is 3. The molecule has 5 nitrogen and oxygen atoms in total. The lowest BCUT2D eigenvalue weighted by molar-refractivity contribution is -0.123. The molecule has 5 heteroatoms. The average molecular weight is 353 g/mol. The van der Waals surface area contributed by atoms with Crippen LogP contribution in [0.25, 0.3) is 0 Å². The van der Waals surface area contributed by atoms with E-state index in [4.69, 9.17) is 4.74 Å². The maximum atomic E-state index is 12.1. The molecule has 0 unspecified atom stereocenters. The van der Waals surface area contributed by atoms with Crippen LogP contribution in [0.3, 0.4) is 0 Å². The highest BCUT2D eigenvalue weighted by atomic mass is 16.5. The van der Waals surface area contributed by atoms with Gasteiger partial charge in [-0.05, 0) is 42.2 Å².